The molecule has 0 unspecified atom stereocenters. The molecule has 2 rings (SSSR count). The van der Waals surface area contributed by atoms with Crippen LogP contribution in [0.25, 0.3) is 0 Å². The summed E-state index contributed by atoms with van der Waals surface area (Å²) in [7, 11) is 3.31. The van der Waals surface area contributed by atoms with Crippen molar-refractivity contribution in [2.75, 3.05) is 19.1 Å². The number of carbonyl (C=O) groups is 1. The maximum absolute atomic E-state index is 12.4. The van der Waals surface area contributed by atoms with Gasteiger partial charge in [0, 0.05) is 23.9 Å². The maximum atomic E-state index is 12.4. The number of carbonyl (C=O) groups excluding carboxylic acids is 1. The Morgan fingerprint density at radius 3 is 2.05 bits per heavy atom. The molecule has 5 heteroatoms. The first-order chi connectivity index (χ1) is 10.0. The molecule has 0 saturated heterocycles. The first-order valence-corrected chi connectivity index (χ1v) is 6.75. The largest absolute Gasteiger partial charge is 0.497 e. The van der Waals surface area contributed by atoms with Crippen LogP contribution in [0.5, 0.6) is 5.75 Å². The van der Waals surface area contributed by atoms with Gasteiger partial charge >= 0.3 is 0 Å². The van der Waals surface area contributed by atoms with E-state index in [-0.39, 0.29) is 5.91 Å². The third kappa shape index (κ3) is 3.38. The van der Waals surface area contributed by atoms with Gasteiger partial charge in [0.25, 0.3) is 5.91 Å². The second-order valence-electron chi connectivity index (χ2n) is 4.50. The average Bonchev–Trinajstić information content (AvgIpc) is 2.53. The van der Waals surface area contributed by atoms with Crippen LogP contribution in [-0.4, -0.2) is 25.1 Å². The van der Waals surface area contributed by atoms with Crippen LogP contribution < -0.4 is 15.4 Å². The topological polar surface area (TPSA) is 55.6 Å². The van der Waals surface area contributed by atoms with Crippen molar-refractivity contribution in [3.63, 3.8) is 0 Å². The van der Waals surface area contributed by atoms with Gasteiger partial charge in [-0.1, -0.05) is 12.2 Å². The van der Waals surface area contributed by atoms with E-state index in [1.165, 1.54) is 0 Å². The predicted molar refractivity (Wildman–Crippen MR) is 88.1 cm³/mol. The Balaban J connectivity index is 2.19. The average molecular weight is 300 g/mol. The minimum atomic E-state index is -0.0965. The summed E-state index contributed by atoms with van der Waals surface area (Å²) in [5.74, 6) is 0.621. The second-order valence-corrected chi connectivity index (χ2v) is 4.94. The van der Waals surface area contributed by atoms with Crippen molar-refractivity contribution in [1.29, 1.82) is 0 Å². The Morgan fingerprint density at radius 2 is 1.57 bits per heavy atom. The Labute approximate surface area is 129 Å². The zero-order valence-electron chi connectivity index (χ0n) is 11.9. The summed E-state index contributed by atoms with van der Waals surface area (Å²) in [5.41, 5.74) is 7.70. The lowest BCUT2D eigenvalue weighted by atomic mass is 10.1. The molecule has 2 aromatic rings. The number of hydrogen-bond donors (Lipinski definition) is 1. The number of ether oxygens (including phenoxy) is 1. The number of methoxy groups -OCH3 is 1. The van der Waals surface area contributed by atoms with Gasteiger partial charge in [0.1, 0.15) is 10.7 Å². The molecule has 0 aromatic heterocycles. The third-order valence-corrected chi connectivity index (χ3v) is 3.42. The quantitative estimate of drug-likeness (QED) is 0.882. The van der Waals surface area contributed by atoms with Crippen LogP contribution in [0, 0.1) is 0 Å². The highest BCUT2D eigenvalue weighted by Crippen LogP contribution is 2.18. The predicted octanol–water partition coefficient (Wildman–Crippen LogP) is 2.61. The van der Waals surface area contributed by atoms with Gasteiger partial charge in [-0.2, -0.15) is 0 Å². The van der Waals surface area contributed by atoms with Crippen LogP contribution in [-0.2, 0) is 0 Å². The molecule has 4 nitrogen and oxygen atoms in total. The van der Waals surface area contributed by atoms with Gasteiger partial charge in [-0.05, 0) is 48.5 Å². The van der Waals surface area contributed by atoms with Crippen molar-refractivity contribution in [1.82, 2.24) is 0 Å². The van der Waals surface area contributed by atoms with Gasteiger partial charge in [0.15, 0.2) is 0 Å². The fourth-order valence-corrected chi connectivity index (χ4v) is 2.03. The van der Waals surface area contributed by atoms with E-state index in [4.69, 9.17) is 22.7 Å². The SMILES string of the molecule is COc1ccc(C(=O)N(C)c2ccc(C(N)=S)cc2)cc1. The Kier molecular flexibility index (Phi) is 4.55. The molecular weight excluding hydrogens is 284 g/mol. The molecule has 0 bridgehead atoms. The number of hydrogen-bond acceptors (Lipinski definition) is 3. The summed E-state index contributed by atoms with van der Waals surface area (Å²) in [6.07, 6.45) is 0. The molecule has 0 heterocycles. The fourth-order valence-electron chi connectivity index (χ4n) is 1.89. The summed E-state index contributed by atoms with van der Waals surface area (Å²) >= 11 is 4.91. The second kappa shape index (κ2) is 6.37. The number of benzene rings is 2. The van der Waals surface area contributed by atoms with E-state index in [9.17, 15) is 4.79 Å². The molecule has 0 aliphatic carbocycles. The highest BCUT2D eigenvalue weighted by Gasteiger charge is 2.13. The Bertz CT molecular complexity index is 651. The molecule has 0 aliphatic heterocycles. The van der Waals surface area contributed by atoms with E-state index in [2.05, 4.69) is 0 Å². The molecule has 0 fully saturated rings. The summed E-state index contributed by atoms with van der Waals surface area (Å²) in [5, 5.41) is 0. The van der Waals surface area contributed by atoms with E-state index >= 15 is 0 Å². The van der Waals surface area contributed by atoms with Crippen LogP contribution in [0.2, 0.25) is 0 Å². The number of rotatable bonds is 4. The molecule has 1 amide bonds. The van der Waals surface area contributed by atoms with Crippen molar-refractivity contribution < 1.29 is 9.53 Å². The highest BCUT2D eigenvalue weighted by molar-refractivity contribution is 7.80. The van der Waals surface area contributed by atoms with E-state index < -0.39 is 0 Å². The maximum Gasteiger partial charge on any atom is 0.258 e. The van der Waals surface area contributed by atoms with Crippen LogP contribution >= 0.6 is 12.2 Å². The summed E-state index contributed by atoms with van der Waals surface area (Å²) in [4.78, 5) is 14.3. The van der Waals surface area contributed by atoms with E-state index in [1.54, 1.807) is 55.5 Å². The first kappa shape index (κ1) is 15.0. The van der Waals surface area contributed by atoms with Crippen molar-refractivity contribution >= 4 is 28.8 Å². The van der Waals surface area contributed by atoms with Crippen molar-refractivity contribution in [2.24, 2.45) is 5.73 Å². The molecular formula is C16H16N2O2S. The monoisotopic (exact) mass is 300 g/mol. The van der Waals surface area contributed by atoms with Crippen molar-refractivity contribution in [2.45, 2.75) is 0 Å². The normalized spacial score (nSPS) is 10.0. The highest BCUT2D eigenvalue weighted by atomic mass is 32.1. The number of amides is 1. The zero-order chi connectivity index (χ0) is 15.4. The van der Waals surface area contributed by atoms with E-state index in [0.717, 1.165) is 17.0 Å². The molecule has 0 saturated carbocycles. The lowest BCUT2D eigenvalue weighted by molar-refractivity contribution is 0.0993. The first-order valence-electron chi connectivity index (χ1n) is 6.35. The molecule has 0 aliphatic rings. The molecule has 0 spiro atoms. The van der Waals surface area contributed by atoms with Gasteiger partial charge < -0.3 is 15.4 Å². The van der Waals surface area contributed by atoms with Crippen LogP contribution in [0.15, 0.2) is 48.5 Å². The van der Waals surface area contributed by atoms with Crippen molar-refractivity contribution in [3.8, 4) is 5.75 Å². The number of nitrogens with zero attached hydrogens (tertiary/aromatic N) is 1. The minimum Gasteiger partial charge on any atom is -0.497 e. The van der Waals surface area contributed by atoms with Gasteiger partial charge in [0.2, 0.25) is 0 Å². The zero-order valence-corrected chi connectivity index (χ0v) is 12.7. The Hall–Kier alpha value is -2.40. The third-order valence-electron chi connectivity index (χ3n) is 3.18. The van der Waals surface area contributed by atoms with Crippen LogP contribution in [0.1, 0.15) is 15.9 Å². The smallest absolute Gasteiger partial charge is 0.258 e. The fraction of sp³-hybridized carbons (Fsp3) is 0.125. The van der Waals surface area contributed by atoms with Gasteiger partial charge in [-0.15, -0.1) is 0 Å². The standard InChI is InChI=1S/C16H16N2O2S/c1-18(13-7-3-11(4-8-13)15(17)21)16(19)12-5-9-14(20-2)10-6-12/h3-10H,1-2H3,(H2,17,21). The van der Waals surface area contributed by atoms with Gasteiger partial charge in [0.05, 0.1) is 7.11 Å². The molecule has 0 atom stereocenters. The van der Waals surface area contributed by atoms with E-state index in [0.29, 0.717) is 10.6 Å². The molecule has 21 heavy (non-hydrogen) atoms. The number of nitrogens with two attached hydrogens (primary N) is 1. The lowest BCUT2D eigenvalue weighted by Gasteiger charge is -2.18. The molecule has 2 N–H and O–H groups in total. The van der Waals surface area contributed by atoms with E-state index in [1.807, 2.05) is 12.1 Å². The summed E-state index contributed by atoms with van der Waals surface area (Å²) < 4.78 is 5.08. The molecule has 2 aromatic carbocycles. The van der Waals surface area contributed by atoms with Gasteiger partial charge in [-0.3, -0.25) is 4.79 Å². The summed E-state index contributed by atoms with van der Waals surface area (Å²) in [6.45, 7) is 0. The van der Waals surface area contributed by atoms with Crippen molar-refractivity contribution in [3.05, 3.63) is 59.7 Å². The van der Waals surface area contributed by atoms with Crippen LogP contribution in [0.4, 0.5) is 5.69 Å². The van der Waals surface area contributed by atoms with Gasteiger partial charge in [-0.25, -0.2) is 0 Å². The molecule has 108 valence electrons. The molecule has 0 radical (unpaired) electrons. The minimum absolute atomic E-state index is 0.0965. The number of thiocarbonyl (C=S) groups is 1. The Morgan fingerprint density at radius 1 is 1.05 bits per heavy atom. The summed E-state index contributed by atoms with van der Waals surface area (Å²) in [6, 6.07) is 14.2. The number of anilines is 1. The lowest BCUT2D eigenvalue weighted by Crippen LogP contribution is -2.26. The van der Waals surface area contributed by atoms with Crippen LogP contribution in [0.3, 0.4) is 0 Å².